The lowest BCUT2D eigenvalue weighted by molar-refractivity contribution is -0.112. The van der Waals surface area contributed by atoms with Gasteiger partial charge in [-0.05, 0) is 92.3 Å². The molecule has 1 fully saturated rings. The number of halogens is 1. The molecular weight excluding hydrogens is 380 g/mol. The summed E-state index contributed by atoms with van der Waals surface area (Å²) in [6.45, 7) is 9.97. The van der Waals surface area contributed by atoms with Crippen molar-refractivity contribution >= 4 is 23.0 Å². The third-order valence-corrected chi connectivity index (χ3v) is 6.79. The minimum atomic E-state index is -0.331. The molecule has 0 radical (unpaired) electrons. The van der Waals surface area contributed by atoms with E-state index in [9.17, 15) is 9.90 Å². The second-order valence-electron chi connectivity index (χ2n) is 9.01. The molecule has 2 aromatic carbocycles. The molecule has 1 saturated carbocycles. The van der Waals surface area contributed by atoms with Gasteiger partial charge in [0.15, 0.2) is 5.78 Å². The minimum absolute atomic E-state index is 0.0795. The molecular formula is C26H31ClO2. The average Bonchev–Trinajstić information content (AvgIpc) is 2.67. The Balaban J connectivity index is 2.10. The van der Waals surface area contributed by atoms with E-state index in [-0.39, 0.29) is 17.0 Å². The van der Waals surface area contributed by atoms with E-state index in [1.54, 1.807) is 6.92 Å². The number of aryl methyl sites for hydroxylation is 2. The molecule has 0 bridgehead atoms. The fraction of sp³-hybridized carbons (Fsp3) is 0.423. The molecule has 3 rings (SSSR count). The molecule has 0 atom stereocenters. The summed E-state index contributed by atoms with van der Waals surface area (Å²) < 4.78 is 0. The molecule has 0 aliphatic heterocycles. The van der Waals surface area contributed by atoms with Gasteiger partial charge in [0.1, 0.15) is 5.76 Å². The first-order valence-corrected chi connectivity index (χ1v) is 10.8. The molecule has 0 heterocycles. The van der Waals surface area contributed by atoms with Crippen LogP contribution in [0.2, 0.25) is 5.02 Å². The van der Waals surface area contributed by atoms with Crippen molar-refractivity contribution in [1.82, 2.24) is 0 Å². The van der Waals surface area contributed by atoms with E-state index in [2.05, 4.69) is 19.9 Å². The Morgan fingerprint density at radius 3 is 2.21 bits per heavy atom. The van der Waals surface area contributed by atoms with Crippen molar-refractivity contribution in [2.45, 2.75) is 60.3 Å². The van der Waals surface area contributed by atoms with Crippen LogP contribution in [-0.2, 0) is 4.79 Å². The Morgan fingerprint density at radius 1 is 1.07 bits per heavy atom. The number of carbonyl (C=O) groups excluding carboxylic acids is 1. The Bertz CT molecular complexity index is 945. The summed E-state index contributed by atoms with van der Waals surface area (Å²) in [6.07, 6.45) is 3.99. The van der Waals surface area contributed by atoms with E-state index < -0.39 is 0 Å². The van der Waals surface area contributed by atoms with Gasteiger partial charge in [-0.25, -0.2) is 0 Å². The zero-order chi connectivity index (χ0) is 21.3. The molecule has 1 aliphatic carbocycles. The van der Waals surface area contributed by atoms with Crippen LogP contribution in [0.3, 0.4) is 0 Å². The van der Waals surface area contributed by atoms with Crippen molar-refractivity contribution in [3.05, 3.63) is 63.9 Å². The molecule has 2 aromatic rings. The van der Waals surface area contributed by atoms with Crippen molar-refractivity contribution in [3.8, 4) is 11.1 Å². The molecule has 1 N–H and O–H groups in total. The van der Waals surface area contributed by atoms with Crippen LogP contribution in [0.1, 0.15) is 63.1 Å². The van der Waals surface area contributed by atoms with Crippen LogP contribution >= 0.6 is 11.6 Å². The monoisotopic (exact) mass is 410 g/mol. The van der Waals surface area contributed by atoms with Gasteiger partial charge in [0.25, 0.3) is 0 Å². The van der Waals surface area contributed by atoms with E-state index >= 15 is 0 Å². The van der Waals surface area contributed by atoms with E-state index in [0.717, 1.165) is 53.5 Å². The summed E-state index contributed by atoms with van der Waals surface area (Å²) >= 11 is 6.03. The summed E-state index contributed by atoms with van der Waals surface area (Å²) in [7, 11) is 0. The second kappa shape index (κ2) is 8.36. The molecule has 3 heteroatoms. The van der Waals surface area contributed by atoms with Gasteiger partial charge in [-0.15, -0.1) is 0 Å². The summed E-state index contributed by atoms with van der Waals surface area (Å²) in [6, 6.07) is 11.9. The van der Waals surface area contributed by atoms with Crippen molar-refractivity contribution in [2.75, 3.05) is 0 Å². The third-order valence-electron chi connectivity index (χ3n) is 6.53. The predicted octanol–water partition coefficient (Wildman–Crippen LogP) is 7.70. The maximum absolute atomic E-state index is 12.7. The first kappa shape index (κ1) is 21.6. The first-order chi connectivity index (χ1) is 13.6. The molecule has 0 saturated heterocycles. The lowest BCUT2D eigenvalue weighted by atomic mass is 9.69. The fourth-order valence-electron chi connectivity index (χ4n) is 4.45. The second-order valence-corrected chi connectivity index (χ2v) is 9.45. The summed E-state index contributed by atoms with van der Waals surface area (Å²) in [5.74, 6) is 0.863. The van der Waals surface area contributed by atoms with Crippen LogP contribution in [0.4, 0.5) is 0 Å². The predicted molar refractivity (Wildman–Crippen MR) is 122 cm³/mol. The highest BCUT2D eigenvalue weighted by molar-refractivity contribution is 6.30. The van der Waals surface area contributed by atoms with Crippen LogP contribution in [0.15, 0.2) is 42.2 Å². The third kappa shape index (κ3) is 4.43. The normalized spacial score (nSPS) is 22.9. The van der Waals surface area contributed by atoms with Crippen molar-refractivity contribution < 1.29 is 9.90 Å². The lowest BCUT2D eigenvalue weighted by Gasteiger charge is -2.36. The molecule has 29 heavy (non-hydrogen) atoms. The summed E-state index contributed by atoms with van der Waals surface area (Å²) in [4.78, 5) is 12.7. The maximum Gasteiger partial charge on any atom is 0.163 e. The lowest BCUT2D eigenvalue weighted by Crippen LogP contribution is -2.27. The maximum atomic E-state index is 12.7. The molecule has 1 aliphatic rings. The Hall–Kier alpha value is -2.06. The van der Waals surface area contributed by atoms with E-state index in [1.807, 2.05) is 44.2 Å². The van der Waals surface area contributed by atoms with E-state index in [0.29, 0.717) is 16.5 Å². The number of rotatable bonds is 4. The van der Waals surface area contributed by atoms with Gasteiger partial charge in [0.05, 0.1) is 5.57 Å². The van der Waals surface area contributed by atoms with E-state index in [4.69, 9.17) is 11.6 Å². The number of hydrogen-bond acceptors (Lipinski definition) is 2. The molecule has 0 unspecified atom stereocenters. The minimum Gasteiger partial charge on any atom is -0.511 e. The Labute approximate surface area is 179 Å². The highest BCUT2D eigenvalue weighted by atomic mass is 35.5. The summed E-state index contributed by atoms with van der Waals surface area (Å²) in [5, 5.41) is 12.0. The number of Topliss-reactive ketones (excluding diaryl/α,β-unsaturated/α-hetero) is 1. The van der Waals surface area contributed by atoms with Gasteiger partial charge in [-0.2, -0.15) is 0 Å². The summed E-state index contributed by atoms with van der Waals surface area (Å²) in [5.41, 5.74) is 5.25. The number of benzene rings is 2. The van der Waals surface area contributed by atoms with Crippen LogP contribution in [0.25, 0.3) is 16.7 Å². The number of carbonyl (C=O) groups is 1. The average molecular weight is 411 g/mol. The number of aliphatic hydroxyl groups is 1. The van der Waals surface area contributed by atoms with Crippen molar-refractivity contribution in [1.29, 1.82) is 0 Å². The van der Waals surface area contributed by atoms with Crippen molar-refractivity contribution in [3.63, 3.8) is 0 Å². The molecule has 0 aromatic heterocycles. The zero-order valence-electron chi connectivity index (χ0n) is 18.1. The van der Waals surface area contributed by atoms with Gasteiger partial charge in [-0.3, -0.25) is 4.79 Å². The quantitative estimate of drug-likeness (QED) is 0.414. The standard InChI is InChI=1S/C26H31ClO2/c1-16-10-12-26(5,13-11-16)25(29)24(19(4)28)23-15-17(2)22(14-18(23)3)20-6-8-21(27)9-7-20/h6-9,14-16,29H,10-13H2,1-5H3/b25-24-. The highest BCUT2D eigenvalue weighted by Crippen LogP contribution is 2.46. The van der Waals surface area contributed by atoms with E-state index in [1.165, 1.54) is 0 Å². The highest BCUT2D eigenvalue weighted by Gasteiger charge is 2.36. The van der Waals surface area contributed by atoms with Crippen LogP contribution in [0.5, 0.6) is 0 Å². The molecule has 154 valence electrons. The smallest absolute Gasteiger partial charge is 0.163 e. The largest absolute Gasteiger partial charge is 0.511 e. The molecule has 2 nitrogen and oxygen atoms in total. The fourth-order valence-corrected chi connectivity index (χ4v) is 4.57. The Morgan fingerprint density at radius 2 is 1.66 bits per heavy atom. The zero-order valence-corrected chi connectivity index (χ0v) is 18.9. The first-order valence-electron chi connectivity index (χ1n) is 10.4. The SMILES string of the molecule is CC(=O)/C(=C(/O)C1(C)CCC(C)CC1)c1cc(C)c(-c2ccc(Cl)cc2)cc1C. The van der Waals surface area contributed by atoms with Crippen LogP contribution < -0.4 is 0 Å². The Kier molecular flexibility index (Phi) is 6.24. The van der Waals surface area contributed by atoms with Gasteiger partial charge in [0.2, 0.25) is 0 Å². The van der Waals surface area contributed by atoms with Gasteiger partial charge < -0.3 is 5.11 Å². The number of allylic oxidation sites excluding steroid dienone is 2. The number of aliphatic hydroxyl groups excluding tert-OH is 1. The van der Waals surface area contributed by atoms with Gasteiger partial charge in [-0.1, -0.05) is 49.7 Å². The molecule has 0 amide bonds. The topological polar surface area (TPSA) is 37.3 Å². The number of hydrogen-bond donors (Lipinski definition) is 1. The van der Waals surface area contributed by atoms with Crippen LogP contribution in [-0.4, -0.2) is 10.9 Å². The molecule has 0 spiro atoms. The van der Waals surface area contributed by atoms with Gasteiger partial charge in [0, 0.05) is 10.4 Å². The van der Waals surface area contributed by atoms with Crippen LogP contribution in [0, 0.1) is 25.2 Å². The number of ketones is 1. The van der Waals surface area contributed by atoms with Gasteiger partial charge >= 0.3 is 0 Å². The van der Waals surface area contributed by atoms with Crippen molar-refractivity contribution in [2.24, 2.45) is 11.3 Å².